The van der Waals surface area contributed by atoms with Crippen LogP contribution in [0.25, 0.3) is 5.69 Å². The smallest absolute Gasteiger partial charge is 0.0630 e. The maximum absolute atomic E-state index is 4.85. The van der Waals surface area contributed by atoms with Crippen molar-refractivity contribution in [2.75, 3.05) is 0 Å². The molecule has 7 rings (SSSR count). The summed E-state index contributed by atoms with van der Waals surface area (Å²) in [7, 11) is 0. The van der Waals surface area contributed by atoms with Gasteiger partial charge in [-0.1, -0.05) is 24.3 Å². The van der Waals surface area contributed by atoms with E-state index in [9.17, 15) is 0 Å². The Morgan fingerprint density at radius 1 is 0.844 bits per heavy atom. The van der Waals surface area contributed by atoms with Gasteiger partial charge < -0.3 is 4.57 Å². The monoisotopic (exact) mass is 422 g/mol. The average molecular weight is 423 g/mol. The van der Waals surface area contributed by atoms with Crippen LogP contribution in [0.5, 0.6) is 0 Å². The van der Waals surface area contributed by atoms with Gasteiger partial charge in [-0.2, -0.15) is 0 Å². The lowest BCUT2D eigenvalue weighted by atomic mass is 9.48. The highest BCUT2D eigenvalue weighted by molar-refractivity contribution is 5.84. The highest BCUT2D eigenvalue weighted by Gasteiger charge is 2.51. The van der Waals surface area contributed by atoms with E-state index in [-0.39, 0.29) is 0 Å². The Hall–Kier alpha value is -2.61. The lowest BCUT2D eigenvalue weighted by Crippen LogP contribution is -2.48. The Morgan fingerprint density at radius 3 is 2.12 bits per heavy atom. The molecule has 32 heavy (non-hydrogen) atoms. The largest absolute Gasteiger partial charge is 0.318 e. The molecular formula is C30H34N2. The third-order valence-electron chi connectivity index (χ3n) is 8.60. The van der Waals surface area contributed by atoms with Crippen LogP contribution < -0.4 is 0 Å². The molecule has 2 nitrogen and oxygen atoms in total. The van der Waals surface area contributed by atoms with Gasteiger partial charge in [-0.25, -0.2) is 0 Å². The van der Waals surface area contributed by atoms with E-state index in [1.165, 1.54) is 66.7 Å². The van der Waals surface area contributed by atoms with Gasteiger partial charge in [-0.05, 0) is 124 Å². The average Bonchev–Trinajstić information content (AvgIpc) is 3.04. The normalized spacial score (nSPS) is 28.7. The minimum atomic E-state index is 0.468. The maximum atomic E-state index is 4.85. The highest BCUT2D eigenvalue weighted by Crippen LogP contribution is 2.60. The fourth-order valence-corrected chi connectivity index (χ4v) is 7.59. The highest BCUT2D eigenvalue weighted by atomic mass is 15.0. The summed E-state index contributed by atoms with van der Waals surface area (Å²) >= 11 is 0. The number of benzene rings is 2. The zero-order valence-corrected chi connectivity index (χ0v) is 19.6. The number of nitrogens with zero attached hydrogens (tertiary/aromatic N) is 2. The standard InChI is InChI=1S/C30H34N2/c1-20-5-4-6-29(11-20)32-21(2)12-26(22(32)3)19-31-28-9-7-27(8-10-28)30-16-23-13-24(17-30)15-25(14-23)18-30/h4-12,19,23-25H,13-18H2,1-3H3. The first-order valence-electron chi connectivity index (χ1n) is 12.4. The van der Waals surface area contributed by atoms with Crippen LogP contribution in [0.15, 0.2) is 59.6 Å². The molecule has 2 heteroatoms. The first kappa shape index (κ1) is 20.0. The fraction of sp³-hybridized carbons (Fsp3) is 0.433. The third-order valence-corrected chi connectivity index (χ3v) is 8.60. The topological polar surface area (TPSA) is 17.3 Å². The maximum Gasteiger partial charge on any atom is 0.0630 e. The van der Waals surface area contributed by atoms with E-state index in [0.29, 0.717) is 5.41 Å². The van der Waals surface area contributed by atoms with E-state index < -0.39 is 0 Å². The van der Waals surface area contributed by atoms with Crippen molar-refractivity contribution < 1.29 is 0 Å². The van der Waals surface area contributed by atoms with Crippen LogP contribution in [0.2, 0.25) is 0 Å². The van der Waals surface area contributed by atoms with E-state index in [0.717, 1.165) is 23.4 Å². The summed E-state index contributed by atoms with van der Waals surface area (Å²) in [5.41, 5.74) is 9.27. The van der Waals surface area contributed by atoms with Crippen molar-refractivity contribution in [3.8, 4) is 5.69 Å². The van der Waals surface area contributed by atoms with Gasteiger partial charge in [0.2, 0.25) is 0 Å². The van der Waals surface area contributed by atoms with Crippen LogP contribution in [-0.4, -0.2) is 10.8 Å². The molecule has 1 heterocycles. The predicted molar refractivity (Wildman–Crippen MR) is 134 cm³/mol. The van der Waals surface area contributed by atoms with E-state index in [2.05, 4.69) is 79.9 Å². The van der Waals surface area contributed by atoms with E-state index >= 15 is 0 Å². The van der Waals surface area contributed by atoms with Crippen molar-refractivity contribution in [3.05, 3.63) is 82.7 Å². The SMILES string of the molecule is Cc1cccc(-n2c(C)cc(C=Nc3ccc(C45CC6CC(CC(C6)C4)C5)cc3)c2C)c1. The molecule has 0 atom stereocenters. The first-order chi connectivity index (χ1) is 15.5. The molecule has 0 N–H and O–H groups in total. The lowest BCUT2D eigenvalue weighted by molar-refractivity contribution is -0.00518. The summed E-state index contributed by atoms with van der Waals surface area (Å²) in [4.78, 5) is 4.85. The number of hydrogen-bond donors (Lipinski definition) is 0. The molecule has 0 amide bonds. The predicted octanol–water partition coefficient (Wildman–Crippen LogP) is 7.62. The molecule has 2 aromatic carbocycles. The van der Waals surface area contributed by atoms with E-state index in [1.807, 2.05) is 6.21 Å². The van der Waals surface area contributed by atoms with Gasteiger partial charge in [0.25, 0.3) is 0 Å². The number of aliphatic imine (C=N–C) groups is 1. The number of aryl methyl sites for hydroxylation is 2. The Balaban J connectivity index is 1.24. The molecule has 0 unspecified atom stereocenters. The van der Waals surface area contributed by atoms with E-state index in [1.54, 1.807) is 5.56 Å². The molecule has 1 aromatic heterocycles. The van der Waals surface area contributed by atoms with Gasteiger partial charge >= 0.3 is 0 Å². The minimum absolute atomic E-state index is 0.468. The second-order valence-corrected chi connectivity index (χ2v) is 11.0. The van der Waals surface area contributed by atoms with Gasteiger partial charge in [0.05, 0.1) is 5.69 Å². The first-order valence-corrected chi connectivity index (χ1v) is 12.4. The number of aromatic nitrogens is 1. The molecule has 4 aliphatic carbocycles. The van der Waals surface area contributed by atoms with Crippen molar-refractivity contribution in [2.45, 2.75) is 64.7 Å². The van der Waals surface area contributed by atoms with Crippen molar-refractivity contribution in [1.29, 1.82) is 0 Å². The Kier molecular flexibility index (Phi) is 4.68. The van der Waals surface area contributed by atoms with Gasteiger partial charge in [0, 0.05) is 28.9 Å². The van der Waals surface area contributed by atoms with Gasteiger partial charge in [-0.3, -0.25) is 4.99 Å². The Labute approximate surface area is 192 Å². The molecule has 3 aromatic rings. The molecule has 0 aliphatic heterocycles. The van der Waals surface area contributed by atoms with Gasteiger partial charge in [0.15, 0.2) is 0 Å². The summed E-state index contributed by atoms with van der Waals surface area (Å²) < 4.78 is 2.32. The molecule has 4 aliphatic rings. The molecule has 164 valence electrons. The van der Waals surface area contributed by atoms with Gasteiger partial charge in [0.1, 0.15) is 0 Å². The van der Waals surface area contributed by atoms with Crippen molar-refractivity contribution in [3.63, 3.8) is 0 Å². The summed E-state index contributed by atoms with van der Waals surface area (Å²) in [6.45, 7) is 6.51. The van der Waals surface area contributed by atoms with Crippen LogP contribution in [-0.2, 0) is 5.41 Å². The zero-order chi connectivity index (χ0) is 21.9. The second-order valence-electron chi connectivity index (χ2n) is 11.0. The van der Waals surface area contributed by atoms with Gasteiger partial charge in [-0.15, -0.1) is 0 Å². The Bertz CT molecular complexity index is 1140. The molecular weight excluding hydrogens is 388 g/mol. The zero-order valence-electron chi connectivity index (χ0n) is 19.6. The molecule has 0 radical (unpaired) electrons. The molecule has 4 saturated carbocycles. The molecule has 4 bridgehead atoms. The van der Waals surface area contributed by atoms with Crippen LogP contribution in [0, 0.1) is 38.5 Å². The van der Waals surface area contributed by atoms with E-state index in [4.69, 9.17) is 4.99 Å². The second kappa shape index (κ2) is 7.47. The third kappa shape index (κ3) is 3.36. The quantitative estimate of drug-likeness (QED) is 0.385. The molecule has 0 spiro atoms. The number of hydrogen-bond acceptors (Lipinski definition) is 1. The van der Waals surface area contributed by atoms with Crippen LogP contribution in [0.4, 0.5) is 5.69 Å². The minimum Gasteiger partial charge on any atom is -0.318 e. The summed E-state index contributed by atoms with van der Waals surface area (Å²) in [5, 5.41) is 0. The summed E-state index contributed by atoms with van der Waals surface area (Å²) in [6, 6.07) is 20.2. The van der Waals surface area contributed by atoms with Crippen LogP contribution >= 0.6 is 0 Å². The molecule has 0 saturated heterocycles. The van der Waals surface area contributed by atoms with Crippen molar-refractivity contribution in [2.24, 2.45) is 22.7 Å². The lowest BCUT2D eigenvalue weighted by Gasteiger charge is -2.57. The number of rotatable bonds is 4. The fourth-order valence-electron chi connectivity index (χ4n) is 7.59. The summed E-state index contributed by atoms with van der Waals surface area (Å²) in [6.07, 6.45) is 10.8. The Morgan fingerprint density at radius 2 is 1.50 bits per heavy atom. The van der Waals surface area contributed by atoms with Crippen LogP contribution in [0.3, 0.4) is 0 Å². The van der Waals surface area contributed by atoms with Crippen molar-refractivity contribution in [1.82, 2.24) is 4.57 Å². The molecule has 4 fully saturated rings. The summed E-state index contributed by atoms with van der Waals surface area (Å²) in [5.74, 6) is 2.97. The van der Waals surface area contributed by atoms with Crippen LogP contribution in [0.1, 0.15) is 66.6 Å². The van der Waals surface area contributed by atoms with Crippen molar-refractivity contribution >= 4 is 11.9 Å².